The third kappa shape index (κ3) is 5.08. The Bertz CT molecular complexity index is 553. The van der Waals surface area contributed by atoms with Crippen molar-refractivity contribution in [3.63, 3.8) is 0 Å². The van der Waals surface area contributed by atoms with Crippen molar-refractivity contribution in [3.05, 3.63) is 18.3 Å². The number of carbonyl (C=O) groups is 1. The molecule has 0 bridgehead atoms. The van der Waals surface area contributed by atoms with E-state index in [1.54, 1.807) is 12.3 Å². The third-order valence-electron chi connectivity index (χ3n) is 5.07. The van der Waals surface area contributed by atoms with Crippen LogP contribution in [-0.2, 0) is 4.74 Å². The van der Waals surface area contributed by atoms with Crippen LogP contribution in [0.1, 0.15) is 45.4 Å². The summed E-state index contributed by atoms with van der Waals surface area (Å²) in [6.45, 7) is 4.77. The van der Waals surface area contributed by atoms with Crippen LogP contribution in [0.2, 0.25) is 0 Å². The molecule has 1 saturated heterocycles. The van der Waals surface area contributed by atoms with Crippen LogP contribution < -0.4 is 10.1 Å². The summed E-state index contributed by atoms with van der Waals surface area (Å²) in [5.74, 6) is 1.22. The Kier molecular flexibility index (Phi) is 6.50. The van der Waals surface area contributed by atoms with Gasteiger partial charge in [-0.2, -0.15) is 0 Å². The molecule has 6 heteroatoms. The van der Waals surface area contributed by atoms with Crippen LogP contribution in [0.4, 0.5) is 10.5 Å². The molecule has 1 aliphatic carbocycles. The maximum atomic E-state index is 12.5. The number of rotatable bonds is 6. The highest BCUT2D eigenvalue weighted by Gasteiger charge is 2.25. The van der Waals surface area contributed by atoms with Gasteiger partial charge in [0.15, 0.2) is 0 Å². The molecule has 2 aliphatic rings. The number of pyridine rings is 1. The number of nitrogens with zero attached hydrogens (tertiary/aromatic N) is 2. The largest absolute Gasteiger partial charge is 0.476 e. The zero-order valence-corrected chi connectivity index (χ0v) is 15.1. The number of amides is 2. The number of hydrogen-bond acceptors (Lipinski definition) is 4. The van der Waals surface area contributed by atoms with E-state index >= 15 is 0 Å². The monoisotopic (exact) mass is 347 g/mol. The van der Waals surface area contributed by atoms with E-state index in [-0.39, 0.29) is 6.03 Å². The van der Waals surface area contributed by atoms with Crippen LogP contribution in [0.25, 0.3) is 0 Å². The number of ether oxygens (including phenoxy) is 2. The lowest BCUT2D eigenvalue weighted by Crippen LogP contribution is -2.43. The molecule has 1 aromatic heterocycles. The van der Waals surface area contributed by atoms with Crippen molar-refractivity contribution in [2.24, 2.45) is 5.92 Å². The number of anilines is 1. The normalized spacial score (nSPS) is 19.2. The quantitative estimate of drug-likeness (QED) is 0.852. The van der Waals surface area contributed by atoms with Gasteiger partial charge < -0.3 is 19.7 Å². The van der Waals surface area contributed by atoms with E-state index in [4.69, 9.17) is 9.47 Å². The van der Waals surface area contributed by atoms with Crippen LogP contribution in [-0.4, -0.2) is 48.3 Å². The van der Waals surface area contributed by atoms with Crippen LogP contribution >= 0.6 is 0 Å². The third-order valence-corrected chi connectivity index (χ3v) is 5.07. The highest BCUT2D eigenvalue weighted by molar-refractivity contribution is 5.90. The maximum absolute atomic E-state index is 12.5. The Morgan fingerprint density at radius 2 is 2.04 bits per heavy atom. The number of urea groups is 1. The Morgan fingerprint density at radius 3 is 2.76 bits per heavy atom. The Labute approximate surface area is 149 Å². The van der Waals surface area contributed by atoms with Crippen molar-refractivity contribution in [2.45, 2.75) is 51.6 Å². The van der Waals surface area contributed by atoms with Gasteiger partial charge in [0.05, 0.1) is 12.7 Å². The molecule has 1 saturated carbocycles. The predicted octanol–water partition coefficient (Wildman–Crippen LogP) is 3.68. The summed E-state index contributed by atoms with van der Waals surface area (Å²) in [4.78, 5) is 18.5. The minimum absolute atomic E-state index is 0.0943. The molecule has 3 rings (SSSR count). The average molecular weight is 347 g/mol. The van der Waals surface area contributed by atoms with Gasteiger partial charge in [0.2, 0.25) is 5.88 Å². The predicted molar refractivity (Wildman–Crippen MR) is 96.9 cm³/mol. The Morgan fingerprint density at radius 1 is 1.28 bits per heavy atom. The number of carbonyl (C=O) groups excluding carboxylic acids is 1. The first-order chi connectivity index (χ1) is 12.3. The van der Waals surface area contributed by atoms with E-state index in [0.717, 1.165) is 38.5 Å². The molecule has 138 valence electrons. The molecule has 2 amide bonds. The van der Waals surface area contributed by atoms with Crippen molar-refractivity contribution < 1.29 is 14.3 Å². The first-order valence-electron chi connectivity index (χ1n) is 9.51. The molecule has 0 atom stereocenters. The first-order valence-corrected chi connectivity index (χ1v) is 9.51. The summed E-state index contributed by atoms with van der Waals surface area (Å²) >= 11 is 0. The molecule has 0 unspecified atom stereocenters. The van der Waals surface area contributed by atoms with Gasteiger partial charge in [-0.3, -0.25) is 0 Å². The second-order valence-corrected chi connectivity index (χ2v) is 6.89. The van der Waals surface area contributed by atoms with Gasteiger partial charge in [-0.1, -0.05) is 12.8 Å². The number of aromatic nitrogens is 1. The molecule has 0 aromatic carbocycles. The minimum Gasteiger partial charge on any atom is -0.476 e. The van der Waals surface area contributed by atoms with Gasteiger partial charge in [-0.05, 0) is 50.7 Å². The van der Waals surface area contributed by atoms with Crippen molar-refractivity contribution in [3.8, 4) is 5.88 Å². The smallest absolute Gasteiger partial charge is 0.321 e. The second-order valence-electron chi connectivity index (χ2n) is 6.89. The molecule has 6 nitrogen and oxygen atoms in total. The van der Waals surface area contributed by atoms with Crippen molar-refractivity contribution in [1.29, 1.82) is 0 Å². The summed E-state index contributed by atoms with van der Waals surface area (Å²) in [6, 6.07) is 3.51. The van der Waals surface area contributed by atoms with Crippen LogP contribution in [0.5, 0.6) is 5.88 Å². The highest BCUT2D eigenvalue weighted by atomic mass is 16.5. The Hall–Kier alpha value is -1.82. The summed E-state index contributed by atoms with van der Waals surface area (Å²) < 4.78 is 11.5. The average Bonchev–Trinajstić information content (AvgIpc) is 3.16. The summed E-state index contributed by atoms with van der Waals surface area (Å²) in [6.07, 6.45) is 9.10. The van der Waals surface area contributed by atoms with E-state index in [1.807, 2.05) is 17.9 Å². The highest BCUT2D eigenvalue weighted by Crippen LogP contribution is 2.26. The minimum atomic E-state index is -0.0943. The zero-order valence-electron chi connectivity index (χ0n) is 15.1. The number of nitrogens with one attached hydrogen (secondary N) is 1. The lowest BCUT2D eigenvalue weighted by atomic mass is 10.1. The molecule has 2 heterocycles. The van der Waals surface area contributed by atoms with Crippen LogP contribution in [0.15, 0.2) is 18.3 Å². The van der Waals surface area contributed by atoms with Gasteiger partial charge in [0.1, 0.15) is 5.69 Å². The Balaban J connectivity index is 1.43. The van der Waals surface area contributed by atoms with Crippen molar-refractivity contribution >= 4 is 11.7 Å². The van der Waals surface area contributed by atoms with Gasteiger partial charge in [-0.15, -0.1) is 0 Å². The summed E-state index contributed by atoms with van der Waals surface area (Å²) in [7, 11) is 0. The van der Waals surface area contributed by atoms with Crippen molar-refractivity contribution in [1.82, 2.24) is 9.88 Å². The van der Waals surface area contributed by atoms with Gasteiger partial charge >= 0.3 is 6.03 Å². The van der Waals surface area contributed by atoms with Crippen molar-refractivity contribution in [2.75, 3.05) is 31.6 Å². The van der Waals surface area contributed by atoms with Crippen LogP contribution in [0.3, 0.4) is 0 Å². The van der Waals surface area contributed by atoms with E-state index in [0.29, 0.717) is 24.3 Å². The van der Waals surface area contributed by atoms with Gasteiger partial charge in [0, 0.05) is 25.9 Å². The molecule has 0 radical (unpaired) electrons. The molecule has 1 aliphatic heterocycles. The molecule has 25 heavy (non-hydrogen) atoms. The molecule has 2 fully saturated rings. The fourth-order valence-corrected chi connectivity index (χ4v) is 3.61. The van der Waals surface area contributed by atoms with Gasteiger partial charge in [0.25, 0.3) is 0 Å². The molecule has 1 N–H and O–H groups in total. The van der Waals surface area contributed by atoms with E-state index in [1.165, 1.54) is 25.7 Å². The summed E-state index contributed by atoms with van der Waals surface area (Å²) in [5, 5.41) is 2.92. The molecular formula is C19H29N3O3. The second kappa shape index (κ2) is 9.04. The SMILES string of the molecule is CCOc1ncccc1NC(=O)N1CCC(OCC2CCCC2)CC1. The van der Waals surface area contributed by atoms with E-state index in [2.05, 4.69) is 10.3 Å². The van der Waals surface area contributed by atoms with E-state index < -0.39 is 0 Å². The fourth-order valence-electron chi connectivity index (χ4n) is 3.61. The lowest BCUT2D eigenvalue weighted by Gasteiger charge is -2.32. The fraction of sp³-hybridized carbons (Fsp3) is 0.684. The first kappa shape index (κ1) is 18.0. The molecule has 1 aromatic rings. The number of likely N-dealkylation sites (tertiary alicyclic amines) is 1. The standard InChI is InChI=1S/C19H29N3O3/c1-2-24-18-17(8-5-11-20-18)21-19(23)22-12-9-16(10-13-22)25-14-15-6-3-4-7-15/h5,8,11,15-16H,2-4,6-7,9-10,12-14H2,1H3,(H,21,23). The van der Waals surface area contributed by atoms with E-state index in [9.17, 15) is 4.79 Å². The maximum Gasteiger partial charge on any atom is 0.321 e. The number of piperidine rings is 1. The zero-order chi connectivity index (χ0) is 17.5. The molecular weight excluding hydrogens is 318 g/mol. The molecule has 0 spiro atoms. The van der Waals surface area contributed by atoms with Crippen LogP contribution in [0, 0.1) is 5.92 Å². The topological polar surface area (TPSA) is 63.7 Å². The van der Waals surface area contributed by atoms with Gasteiger partial charge in [-0.25, -0.2) is 9.78 Å². The number of hydrogen-bond donors (Lipinski definition) is 1. The lowest BCUT2D eigenvalue weighted by molar-refractivity contribution is -0.00116. The summed E-state index contributed by atoms with van der Waals surface area (Å²) in [5.41, 5.74) is 0.619.